The Morgan fingerprint density at radius 2 is 0.713 bits per heavy atom. The molecule has 666 valence electrons. The van der Waals surface area contributed by atoms with Crippen LogP contribution in [0.2, 0.25) is 5.15 Å². The molecular formula is C100H92ClF6N7O15. The zero-order valence-electron chi connectivity index (χ0n) is 71.5. The molecular weight excluding hydrogens is 1690 g/mol. The predicted octanol–water partition coefficient (Wildman–Crippen LogP) is 21.9. The molecule has 0 bridgehead atoms. The number of carbonyl (C=O) groups is 5. The highest BCUT2D eigenvalue weighted by atomic mass is 35.5. The Balaban J connectivity index is 0.000000272. The number of fused-ring (bicyclic) bond motifs is 4. The summed E-state index contributed by atoms with van der Waals surface area (Å²) in [7, 11) is 0. The smallest absolute Gasteiger partial charge is 0.379 e. The third-order valence-corrected chi connectivity index (χ3v) is 18.9. The van der Waals surface area contributed by atoms with Crippen molar-refractivity contribution in [1.29, 1.82) is 0 Å². The van der Waals surface area contributed by atoms with Gasteiger partial charge in [0.05, 0.1) is 68.2 Å². The first-order chi connectivity index (χ1) is 62.1. The topological polar surface area (TPSA) is 341 Å². The van der Waals surface area contributed by atoms with Crippen molar-refractivity contribution in [3.8, 4) is 33.8 Å². The van der Waals surface area contributed by atoms with Crippen LogP contribution in [0, 0.1) is 55.7 Å². The summed E-state index contributed by atoms with van der Waals surface area (Å²) in [6.45, 7) is 12.2. The fraction of sp³-hybridized carbons (Fsp3) is 0.240. The van der Waals surface area contributed by atoms with Crippen LogP contribution in [0.3, 0.4) is 0 Å². The van der Waals surface area contributed by atoms with E-state index in [0.717, 1.165) is 133 Å². The molecule has 129 heavy (non-hydrogen) atoms. The number of hydrogen-bond acceptors (Lipinski definition) is 21. The van der Waals surface area contributed by atoms with Crippen molar-refractivity contribution in [3.63, 3.8) is 0 Å². The molecule has 1 N–H and O–H groups in total. The number of aromatic nitrogens is 6. The summed E-state index contributed by atoms with van der Waals surface area (Å²) in [5.74, 6) is -6.87. The fourth-order valence-electron chi connectivity index (χ4n) is 12.7. The first kappa shape index (κ1) is 105. The second-order valence-corrected chi connectivity index (χ2v) is 28.7. The van der Waals surface area contributed by atoms with Crippen molar-refractivity contribution in [1.82, 2.24) is 29.9 Å². The van der Waals surface area contributed by atoms with Crippen LogP contribution in [0.4, 0.5) is 32.0 Å². The van der Waals surface area contributed by atoms with Gasteiger partial charge in [-0.2, -0.15) is 38.4 Å². The average molecular weight is 1780 g/mol. The normalized spacial score (nSPS) is 10.4. The molecule has 0 aliphatic carbocycles. The molecule has 0 saturated carbocycles. The summed E-state index contributed by atoms with van der Waals surface area (Å²) < 4.78 is 83.6. The van der Waals surface area contributed by atoms with Gasteiger partial charge < -0.3 is 9.84 Å². The lowest BCUT2D eigenvalue weighted by Gasteiger charge is -2.15. The molecule has 29 heteroatoms. The lowest BCUT2D eigenvalue weighted by atomic mass is 9.95. The Bertz CT molecular complexity index is 6070. The van der Waals surface area contributed by atoms with Gasteiger partial charge in [-0.3, -0.25) is 14.4 Å². The van der Waals surface area contributed by atoms with Gasteiger partial charge in [-0.15, -0.1) is 0 Å². The van der Waals surface area contributed by atoms with E-state index >= 15 is 0 Å². The number of ketones is 3. The van der Waals surface area contributed by atoms with Crippen molar-refractivity contribution in [3.05, 3.63) is 315 Å². The highest BCUT2D eigenvalue weighted by molar-refractivity contribution is 6.48. The minimum Gasteiger partial charge on any atom is -0.475 e. The van der Waals surface area contributed by atoms with E-state index in [9.17, 15) is 50.3 Å². The molecule has 0 spiro atoms. The molecule has 4 heterocycles. The maximum Gasteiger partial charge on any atom is 0.379 e. The van der Waals surface area contributed by atoms with Crippen LogP contribution in [-0.4, -0.2) is 101 Å². The van der Waals surface area contributed by atoms with E-state index in [4.69, 9.17) is 75.0 Å². The second-order valence-electron chi connectivity index (χ2n) is 28.4. The number of aliphatic carboxylic acids is 1. The molecule has 10 aromatic carbocycles. The summed E-state index contributed by atoms with van der Waals surface area (Å²) in [5.41, 5.74) is 17.2. The van der Waals surface area contributed by atoms with E-state index in [1.807, 2.05) is 98.8 Å². The second kappa shape index (κ2) is 57.7. The number of aliphatic imine (C=N–C) groups is 1. The predicted molar refractivity (Wildman–Crippen MR) is 471 cm³/mol. The number of halogens is 7. The maximum absolute atomic E-state index is 13.8. The summed E-state index contributed by atoms with van der Waals surface area (Å²) in [6.07, 6.45) is 20.8. The third-order valence-electron chi connectivity index (χ3n) is 18.6. The highest BCUT2D eigenvalue weighted by Gasteiger charge is 2.23. The number of Topliss-reactive ketones (excluding diaryl/α,β-unsaturated/α-hetero) is 3. The van der Waals surface area contributed by atoms with E-state index < -0.39 is 35.1 Å². The number of nitrogens with zero attached hydrogens (tertiary/aromatic N) is 7. The van der Waals surface area contributed by atoms with Crippen molar-refractivity contribution in [2.24, 2.45) is 4.99 Å². The van der Waals surface area contributed by atoms with Gasteiger partial charge in [0.25, 0.3) is 11.6 Å². The zero-order chi connectivity index (χ0) is 94.6. The number of hydrogen-bond donors (Lipinski definition) is 1. The number of ether oxygens (including phenoxy) is 1. The summed E-state index contributed by atoms with van der Waals surface area (Å²) in [4.78, 5) is 153. The molecule has 0 radical (unpaired) electrons. The monoisotopic (exact) mass is 1780 g/mol. The standard InChI is InChI=1S/C24H29FN2.C23H27FN2.C16H12FNO.C15H10ClFN2.C10H9FO3.C8H5FO3.4CO2/c1-3-4-5-6-7-8-9-13-22-24(19-11-10-12-20(25)17-19)27-21-15-14-18(2)16-23(21)26-22;1-2-3-4-5-6-7-8-16-22-23(18-12-11-13-19(24)17-18)26-21-15-10-9-14-20(21)25-22;1-10-5-6-14-12(7-10)9-15(19)16(18-14)11-3-2-4-13(17)8-11;1-9-5-6-12-13(7-9)19-15(16)14(18-12)10-3-2-4-11(17)8-10;1-2-14-10(13)9(12)7-4-3-5-8(11)6-7;9-6-3-1-2-5(4-6)7(10)8(11)12;4*2-1-3/h10-12,14-17H,3-9,13H2,1-2H3;9-15,17H,2-8,16H2,1H3;2-8H,9H2,1H3;2-8H,1H3;3-6H,2H2,1H3;1-4H,(H,11,12);;;;. The zero-order valence-corrected chi connectivity index (χ0v) is 72.3. The largest absolute Gasteiger partial charge is 0.475 e. The molecule has 0 saturated heterocycles. The van der Waals surface area contributed by atoms with Crippen LogP contribution in [0.25, 0.3) is 66.9 Å². The maximum atomic E-state index is 13.8. The van der Waals surface area contributed by atoms with Crippen LogP contribution in [0.5, 0.6) is 0 Å². The third kappa shape index (κ3) is 36.4. The van der Waals surface area contributed by atoms with Crippen molar-refractivity contribution in [2.45, 2.75) is 151 Å². The first-order valence-electron chi connectivity index (χ1n) is 40.8. The van der Waals surface area contributed by atoms with Gasteiger partial charge in [0.1, 0.15) is 46.3 Å². The number of carboxylic acids is 1. The molecule has 0 atom stereocenters. The first-order valence-corrected chi connectivity index (χ1v) is 41.2. The minimum atomic E-state index is -1.58. The van der Waals surface area contributed by atoms with Crippen molar-refractivity contribution in [2.75, 3.05) is 6.61 Å². The quantitative estimate of drug-likeness (QED) is 0.0183. The molecule has 0 unspecified atom stereocenters. The Hall–Kier alpha value is -14.8. The number of unbranched alkanes of at least 4 members (excludes halogenated alkanes) is 12. The van der Waals surface area contributed by atoms with E-state index in [1.54, 1.807) is 55.5 Å². The van der Waals surface area contributed by atoms with Gasteiger partial charge in [-0.25, -0.2) is 70.8 Å². The molecule has 3 aromatic heterocycles. The van der Waals surface area contributed by atoms with Gasteiger partial charge in [-0.05, 0) is 185 Å². The minimum absolute atomic E-state index is 0.00319. The molecule has 14 rings (SSSR count). The number of rotatable bonds is 25. The Kier molecular flexibility index (Phi) is 46.9. The highest BCUT2D eigenvalue weighted by Crippen LogP contribution is 2.32. The van der Waals surface area contributed by atoms with Crippen LogP contribution >= 0.6 is 11.6 Å². The van der Waals surface area contributed by atoms with Gasteiger partial charge in [0, 0.05) is 39.8 Å². The lowest BCUT2D eigenvalue weighted by molar-refractivity contribution is -0.193. The van der Waals surface area contributed by atoms with Gasteiger partial charge in [-0.1, -0.05) is 217 Å². The van der Waals surface area contributed by atoms with E-state index in [1.165, 1.54) is 149 Å². The average Bonchev–Trinajstić information content (AvgIpc) is 0.812. The van der Waals surface area contributed by atoms with E-state index in [2.05, 4.69) is 46.5 Å². The van der Waals surface area contributed by atoms with E-state index in [-0.39, 0.29) is 76.5 Å². The van der Waals surface area contributed by atoms with Gasteiger partial charge >= 0.3 is 36.5 Å². The summed E-state index contributed by atoms with van der Waals surface area (Å²) in [5, 5.41) is 8.54. The van der Waals surface area contributed by atoms with Crippen LogP contribution in [0.1, 0.15) is 171 Å². The van der Waals surface area contributed by atoms with Crippen LogP contribution in [-0.2, 0) is 76.7 Å². The number of esters is 1. The fourth-order valence-corrected chi connectivity index (χ4v) is 13.0. The molecule has 22 nitrogen and oxygen atoms in total. The number of carboxylic acid groups (broad SMARTS) is 1. The number of carbonyl (C=O) groups excluding carboxylic acids is 12. The number of para-hydroxylation sites is 2. The number of benzene rings is 10. The Morgan fingerprint density at radius 3 is 1.13 bits per heavy atom. The SMILES string of the molecule is CCCCCCCCCc1nc2cc(C)ccc2nc1-c1cccc(F)c1.CCCCCCCCCc1nc2ccccc2nc1-c1cccc(F)c1.CCOC(=O)C(=O)c1cccc(F)c1.Cc1ccc2c(c1)CC(=O)C(c1cccc(F)c1)=N2.Cc1ccc2nc(-c3cccc(F)c3)c(Cl)nc2c1.O=C(O)C(=O)c1cccc(F)c1.O=C=O.O=C=O.O=C=O.O=C=O. The van der Waals surface area contributed by atoms with Crippen molar-refractivity contribution >= 4 is 110 Å². The molecule has 0 fully saturated rings. The lowest BCUT2D eigenvalue weighted by Crippen LogP contribution is -2.21. The van der Waals surface area contributed by atoms with E-state index in [0.29, 0.717) is 29.0 Å². The number of aryl methyl sites for hydroxylation is 5. The Labute approximate surface area is 745 Å². The molecule has 1 aliphatic rings. The van der Waals surface area contributed by atoms with Gasteiger partial charge in [0.15, 0.2) is 10.9 Å². The van der Waals surface area contributed by atoms with Crippen LogP contribution < -0.4 is 0 Å². The molecule has 13 aromatic rings. The van der Waals surface area contributed by atoms with Crippen molar-refractivity contribution < 1.29 is 98.5 Å². The molecule has 0 amide bonds. The summed E-state index contributed by atoms with van der Waals surface area (Å²) >= 11 is 6.15. The van der Waals surface area contributed by atoms with Crippen LogP contribution in [0.15, 0.2) is 229 Å². The Morgan fingerprint density at radius 1 is 0.372 bits per heavy atom. The molecule has 1 aliphatic heterocycles. The summed E-state index contributed by atoms with van der Waals surface area (Å²) in [6, 6.07) is 60.6. The van der Waals surface area contributed by atoms with Gasteiger partial charge in [0.2, 0.25) is 0 Å².